The van der Waals surface area contributed by atoms with E-state index in [0.717, 1.165) is 28.7 Å². The van der Waals surface area contributed by atoms with E-state index in [4.69, 9.17) is 0 Å². The normalized spacial score (nSPS) is 23.6. The van der Waals surface area contributed by atoms with Gasteiger partial charge in [-0.1, -0.05) is 15.9 Å². The number of hydrogen-bond acceptors (Lipinski definition) is 3. The van der Waals surface area contributed by atoms with E-state index >= 15 is 0 Å². The van der Waals surface area contributed by atoms with E-state index in [2.05, 4.69) is 21.2 Å². The number of anilines is 1. The Labute approximate surface area is 121 Å². The molecule has 0 bridgehead atoms. The number of rotatable bonds is 3. The number of halogens is 1. The Hall–Kier alpha value is -0.910. The lowest BCUT2D eigenvalue weighted by atomic mass is 10.1. The molecule has 1 atom stereocenters. The van der Waals surface area contributed by atoms with Gasteiger partial charge in [-0.3, -0.25) is 9.69 Å². The first-order chi connectivity index (χ1) is 8.85. The lowest BCUT2D eigenvalue weighted by molar-refractivity contribution is -0.117. The molecular formula is C14H19BrN2O2. The minimum Gasteiger partial charge on any atom is -0.389 e. The molecule has 1 unspecified atom stereocenters. The fraction of sp³-hybridized carbons (Fsp3) is 0.500. The van der Waals surface area contributed by atoms with Crippen molar-refractivity contribution in [2.24, 2.45) is 0 Å². The quantitative estimate of drug-likeness (QED) is 0.894. The summed E-state index contributed by atoms with van der Waals surface area (Å²) in [6.45, 7) is 5.41. The van der Waals surface area contributed by atoms with Crippen molar-refractivity contribution in [1.82, 2.24) is 4.90 Å². The van der Waals surface area contributed by atoms with Crippen LogP contribution in [0.15, 0.2) is 22.7 Å². The van der Waals surface area contributed by atoms with E-state index in [1.54, 1.807) is 0 Å². The number of carbonyl (C=O) groups excluding carboxylic acids is 1. The maximum absolute atomic E-state index is 12.0. The van der Waals surface area contributed by atoms with Gasteiger partial charge in [-0.05, 0) is 44.0 Å². The molecule has 0 aliphatic carbocycles. The number of benzene rings is 1. The molecule has 1 saturated heterocycles. The molecule has 2 N–H and O–H groups in total. The van der Waals surface area contributed by atoms with Gasteiger partial charge in [-0.15, -0.1) is 0 Å². The van der Waals surface area contributed by atoms with Crippen LogP contribution in [0.3, 0.4) is 0 Å². The van der Waals surface area contributed by atoms with E-state index < -0.39 is 5.60 Å². The first-order valence-electron chi connectivity index (χ1n) is 6.36. The summed E-state index contributed by atoms with van der Waals surface area (Å²) < 4.78 is 0.999. The zero-order chi connectivity index (χ0) is 14.0. The average Bonchev–Trinajstić information content (AvgIpc) is 2.62. The molecule has 5 heteroatoms. The van der Waals surface area contributed by atoms with Gasteiger partial charge in [0.25, 0.3) is 0 Å². The van der Waals surface area contributed by atoms with E-state index in [-0.39, 0.29) is 5.91 Å². The van der Waals surface area contributed by atoms with Crippen molar-refractivity contribution in [3.8, 4) is 0 Å². The standard InChI is InChI=1S/C14H19BrN2O2/c1-10-7-11(15)3-4-12(10)16-13(18)8-17-6-5-14(2,19)9-17/h3-4,7,19H,5-6,8-9H2,1-2H3,(H,16,18). The van der Waals surface area contributed by atoms with E-state index in [0.29, 0.717) is 13.1 Å². The monoisotopic (exact) mass is 326 g/mol. The molecule has 1 aromatic carbocycles. The minimum atomic E-state index is -0.659. The fourth-order valence-electron chi connectivity index (χ4n) is 2.33. The summed E-state index contributed by atoms with van der Waals surface area (Å²) in [5.41, 5.74) is 1.20. The molecule has 4 nitrogen and oxygen atoms in total. The Balaban J connectivity index is 1.91. The number of amides is 1. The number of β-amino-alcohol motifs (C(OH)–C–C–N with tert-alkyl or cyclic N) is 1. The van der Waals surface area contributed by atoms with Gasteiger partial charge in [0.1, 0.15) is 0 Å². The maximum Gasteiger partial charge on any atom is 0.238 e. The van der Waals surface area contributed by atoms with Crippen LogP contribution in [0.1, 0.15) is 18.9 Å². The summed E-state index contributed by atoms with van der Waals surface area (Å²) in [5, 5.41) is 12.8. The highest BCUT2D eigenvalue weighted by molar-refractivity contribution is 9.10. The van der Waals surface area contributed by atoms with Crippen LogP contribution in [0.5, 0.6) is 0 Å². The molecule has 0 spiro atoms. The Morgan fingerprint density at radius 1 is 1.58 bits per heavy atom. The minimum absolute atomic E-state index is 0.0388. The third-order valence-electron chi connectivity index (χ3n) is 3.36. The van der Waals surface area contributed by atoms with E-state index in [1.807, 2.05) is 36.9 Å². The van der Waals surface area contributed by atoms with Gasteiger partial charge in [-0.25, -0.2) is 0 Å². The first kappa shape index (κ1) is 14.5. The predicted octanol–water partition coefficient (Wildman–Crippen LogP) is 2.15. The highest BCUT2D eigenvalue weighted by Gasteiger charge is 2.31. The van der Waals surface area contributed by atoms with Gasteiger partial charge in [0.05, 0.1) is 12.1 Å². The molecule has 0 radical (unpaired) electrons. The molecule has 1 amide bonds. The molecule has 0 aromatic heterocycles. The number of aryl methyl sites for hydroxylation is 1. The van der Waals surface area contributed by atoms with Crippen LogP contribution in [0, 0.1) is 6.92 Å². The Morgan fingerprint density at radius 2 is 2.32 bits per heavy atom. The molecule has 1 aromatic rings. The molecule has 1 fully saturated rings. The van der Waals surface area contributed by atoms with Crippen LogP contribution in [0.4, 0.5) is 5.69 Å². The number of hydrogen-bond donors (Lipinski definition) is 2. The van der Waals surface area contributed by atoms with Crippen molar-refractivity contribution in [3.05, 3.63) is 28.2 Å². The third-order valence-corrected chi connectivity index (χ3v) is 3.85. The van der Waals surface area contributed by atoms with Crippen LogP contribution >= 0.6 is 15.9 Å². The van der Waals surface area contributed by atoms with Gasteiger partial charge in [-0.2, -0.15) is 0 Å². The van der Waals surface area contributed by atoms with Crippen molar-refractivity contribution >= 4 is 27.5 Å². The largest absolute Gasteiger partial charge is 0.389 e. The van der Waals surface area contributed by atoms with Crippen LogP contribution < -0.4 is 5.32 Å². The van der Waals surface area contributed by atoms with Gasteiger partial charge in [0.15, 0.2) is 0 Å². The van der Waals surface area contributed by atoms with E-state index in [1.165, 1.54) is 0 Å². The zero-order valence-corrected chi connectivity index (χ0v) is 12.8. The van der Waals surface area contributed by atoms with Gasteiger partial charge >= 0.3 is 0 Å². The second-order valence-corrected chi connectivity index (χ2v) is 6.38. The summed E-state index contributed by atoms with van der Waals surface area (Å²) in [5.74, 6) is -0.0388. The summed E-state index contributed by atoms with van der Waals surface area (Å²) in [7, 11) is 0. The molecule has 0 saturated carbocycles. The Kier molecular flexibility index (Phi) is 4.28. The van der Waals surface area contributed by atoms with Crippen molar-refractivity contribution < 1.29 is 9.90 Å². The zero-order valence-electron chi connectivity index (χ0n) is 11.2. The van der Waals surface area contributed by atoms with Crippen LogP contribution in [0.25, 0.3) is 0 Å². The number of nitrogens with zero attached hydrogens (tertiary/aromatic N) is 1. The highest BCUT2D eigenvalue weighted by Crippen LogP contribution is 2.21. The van der Waals surface area contributed by atoms with Crippen LogP contribution in [-0.4, -0.2) is 41.1 Å². The average molecular weight is 327 g/mol. The second kappa shape index (κ2) is 5.61. The summed E-state index contributed by atoms with van der Waals surface area (Å²) in [6.07, 6.45) is 0.720. The van der Waals surface area contributed by atoms with Crippen molar-refractivity contribution in [3.63, 3.8) is 0 Å². The molecule has 19 heavy (non-hydrogen) atoms. The SMILES string of the molecule is Cc1cc(Br)ccc1NC(=O)CN1CCC(C)(O)C1. The lowest BCUT2D eigenvalue weighted by Gasteiger charge is -2.18. The highest BCUT2D eigenvalue weighted by atomic mass is 79.9. The van der Waals surface area contributed by atoms with E-state index in [9.17, 15) is 9.90 Å². The van der Waals surface area contributed by atoms with Gasteiger partial charge in [0, 0.05) is 23.2 Å². The van der Waals surface area contributed by atoms with Crippen LogP contribution in [-0.2, 0) is 4.79 Å². The molecular weight excluding hydrogens is 308 g/mol. The third kappa shape index (κ3) is 4.03. The Bertz CT molecular complexity index is 488. The molecule has 1 aliphatic heterocycles. The first-order valence-corrected chi connectivity index (χ1v) is 7.16. The number of carbonyl (C=O) groups is 1. The fourth-order valence-corrected chi connectivity index (χ4v) is 2.81. The molecule has 104 valence electrons. The van der Waals surface area contributed by atoms with Crippen molar-refractivity contribution in [1.29, 1.82) is 0 Å². The number of likely N-dealkylation sites (tertiary alicyclic amines) is 1. The molecule has 1 aliphatic rings. The predicted molar refractivity (Wildman–Crippen MR) is 79.2 cm³/mol. The lowest BCUT2D eigenvalue weighted by Crippen LogP contribution is -2.35. The summed E-state index contributed by atoms with van der Waals surface area (Å²) >= 11 is 3.40. The second-order valence-electron chi connectivity index (χ2n) is 5.47. The summed E-state index contributed by atoms with van der Waals surface area (Å²) in [6, 6.07) is 5.76. The number of aliphatic hydroxyl groups is 1. The molecule has 2 rings (SSSR count). The van der Waals surface area contributed by atoms with Crippen molar-refractivity contribution in [2.75, 3.05) is 25.0 Å². The van der Waals surface area contributed by atoms with Gasteiger partial charge < -0.3 is 10.4 Å². The van der Waals surface area contributed by atoms with Gasteiger partial charge in [0.2, 0.25) is 5.91 Å². The summed E-state index contributed by atoms with van der Waals surface area (Å²) in [4.78, 5) is 13.9. The molecule has 1 heterocycles. The van der Waals surface area contributed by atoms with Crippen molar-refractivity contribution in [2.45, 2.75) is 25.9 Å². The smallest absolute Gasteiger partial charge is 0.238 e. The number of nitrogens with one attached hydrogen (secondary N) is 1. The van der Waals surface area contributed by atoms with Crippen LogP contribution in [0.2, 0.25) is 0 Å². The topological polar surface area (TPSA) is 52.6 Å². The maximum atomic E-state index is 12.0. The Morgan fingerprint density at radius 3 is 2.89 bits per heavy atom.